The fraction of sp³-hybridized carbons (Fsp3) is 0.235. The molecule has 0 bridgehead atoms. The summed E-state index contributed by atoms with van der Waals surface area (Å²) in [5, 5.41) is 5.69. The van der Waals surface area contributed by atoms with E-state index in [1.54, 1.807) is 17.5 Å². The van der Waals surface area contributed by atoms with E-state index in [1.807, 2.05) is 38.1 Å². The molecule has 3 aromatic rings. The Morgan fingerprint density at radius 2 is 2.00 bits per heavy atom. The van der Waals surface area contributed by atoms with E-state index in [1.165, 1.54) is 0 Å². The van der Waals surface area contributed by atoms with Gasteiger partial charge in [-0.15, -0.1) is 11.3 Å². The number of nitrogens with zero attached hydrogens (tertiary/aromatic N) is 1. The summed E-state index contributed by atoms with van der Waals surface area (Å²) in [4.78, 5) is 0. The molecule has 7 heteroatoms. The maximum atomic E-state index is 12.6. The molecule has 1 aromatic carbocycles. The second kappa shape index (κ2) is 6.78. The molecule has 24 heavy (non-hydrogen) atoms. The Kier molecular flexibility index (Phi) is 4.73. The first-order valence-electron chi connectivity index (χ1n) is 7.68. The Bertz CT molecular complexity index is 942. The molecule has 1 N–H and O–H groups in total. The van der Waals surface area contributed by atoms with Crippen LogP contribution < -0.4 is 4.72 Å². The zero-order valence-corrected chi connectivity index (χ0v) is 15.1. The maximum absolute atomic E-state index is 12.6. The van der Waals surface area contributed by atoms with Crippen LogP contribution in [0.25, 0.3) is 11.3 Å². The van der Waals surface area contributed by atoms with Crippen LogP contribution in [0.2, 0.25) is 0 Å². The van der Waals surface area contributed by atoms with Crippen molar-refractivity contribution in [3.8, 4) is 11.3 Å². The highest BCUT2D eigenvalue weighted by Crippen LogP contribution is 2.30. The molecule has 0 aliphatic carbocycles. The van der Waals surface area contributed by atoms with Crippen molar-refractivity contribution in [2.45, 2.75) is 30.9 Å². The Morgan fingerprint density at radius 3 is 2.71 bits per heavy atom. The van der Waals surface area contributed by atoms with Gasteiger partial charge in [-0.05, 0) is 36.6 Å². The lowest BCUT2D eigenvalue weighted by Gasteiger charge is -2.07. The number of sulfonamides is 1. The molecule has 0 amide bonds. The lowest BCUT2D eigenvalue weighted by molar-refractivity contribution is 0.424. The second-order valence-corrected chi connectivity index (χ2v) is 8.17. The fourth-order valence-corrected chi connectivity index (χ4v) is 4.48. The molecule has 0 spiro atoms. The third-order valence-electron chi connectivity index (χ3n) is 3.63. The average molecular weight is 362 g/mol. The third kappa shape index (κ3) is 3.52. The highest BCUT2D eigenvalue weighted by molar-refractivity contribution is 7.94. The van der Waals surface area contributed by atoms with E-state index in [2.05, 4.69) is 9.88 Å². The summed E-state index contributed by atoms with van der Waals surface area (Å²) in [7, 11) is -3.62. The Morgan fingerprint density at radius 1 is 1.17 bits per heavy atom. The van der Waals surface area contributed by atoms with Gasteiger partial charge in [0.1, 0.15) is 4.21 Å². The quantitative estimate of drug-likeness (QED) is 0.708. The minimum atomic E-state index is -3.62. The van der Waals surface area contributed by atoms with E-state index in [0.29, 0.717) is 11.4 Å². The first-order chi connectivity index (χ1) is 11.5. The molecule has 5 nitrogen and oxygen atoms in total. The van der Waals surface area contributed by atoms with Gasteiger partial charge in [0.25, 0.3) is 10.0 Å². The van der Waals surface area contributed by atoms with E-state index in [-0.39, 0.29) is 4.21 Å². The molecule has 126 valence electrons. The van der Waals surface area contributed by atoms with E-state index in [9.17, 15) is 8.42 Å². The lowest BCUT2D eigenvalue weighted by Crippen LogP contribution is -2.11. The van der Waals surface area contributed by atoms with Gasteiger partial charge in [0.15, 0.2) is 5.76 Å². The third-order valence-corrected chi connectivity index (χ3v) is 6.45. The number of hydrogen-bond acceptors (Lipinski definition) is 5. The molecule has 0 atom stereocenters. The lowest BCUT2D eigenvalue weighted by atomic mass is 10.1. The molecule has 0 aliphatic rings. The summed E-state index contributed by atoms with van der Waals surface area (Å²) >= 11 is 1.16. The van der Waals surface area contributed by atoms with Gasteiger partial charge in [0, 0.05) is 22.7 Å². The Balaban J connectivity index is 1.84. The maximum Gasteiger partial charge on any atom is 0.271 e. The minimum Gasteiger partial charge on any atom is -0.356 e. The normalized spacial score (nSPS) is 11.6. The second-order valence-electron chi connectivity index (χ2n) is 5.35. The van der Waals surface area contributed by atoms with Gasteiger partial charge in [-0.25, -0.2) is 8.42 Å². The molecule has 0 saturated heterocycles. The largest absolute Gasteiger partial charge is 0.356 e. The van der Waals surface area contributed by atoms with Crippen molar-refractivity contribution in [2.75, 3.05) is 4.72 Å². The van der Waals surface area contributed by atoms with Gasteiger partial charge in [-0.3, -0.25) is 4.72 Å². The van der Waals surface area contributed by atoms with Gasteiger partial charge < -0.3 is 4.52 Å². The van der Waals surface area contributed by atoms with Crippen LogP contribution in [0.3, 0.4) is 0 Å². The van der Waals surface area contributed by atoms with Crippen LogP contribution in [-0.2, 0) is 22.9 Å². The van der Waals surface area contributed by atoms with Crippen LogP contribution in [0.4, 0.5) is 5.69 Å². The number of aryl methyl sites for hydroxylation is 2. The van der Waals surface area contributed by atoms with E-state index >= 15 is 0 Å². The molecule has 0 saturated carbocycles. The van der Waals surface area contributed by atoms with Gasteiger partial charge in [-0.1, -0.05) is 31.1 Å². The Hall–Kier alpha value is -2.12. The van der Waals surface area contributed by atoms with E-state index in [4.69, 9.17) is 4.52 Å². The monoisotopic (exact) mass is 362 g/mol. The van der Waals surface area contributed by atoms with E-state index < -0.39 is 10.0 Å². The number of thiophene rings is 1. The minimum absolute atomic E-state index is 0.244. The first-order valence-corrected chi connectivity index (χ1v) is 10.0. The highest BCUT2D eigenvalue weighted by atomic mass is 32.2. The Labute approximate surface area is 145 Å². The zero-order chi connectivity index (χ0) is 17.2. The van der Waals surface area contributed by atoms with E-state index in [0.717, 1.165) is 41.0 Å². The summed E-state index contributed by atoms with van der Waals surface area (Å²) in [6, 6.07) is 10.8. The van der Waals surface area contributed by atoms with Crippen molar-refractivity contribution < 1.29 is 12.9 Å². The zero-order valence-electron chi connectivity index (χ0n) is 13.4. The van der Waals surface area contributed by atoms with Crippen molar-refractivity contribution in [1.82, 2.24) is 5.16 Å². The smallest absolute Gasteiger partial charge is 0.271 e. The highest BCUT2D eigenvalue weighted by Gasteiger charge is 2.19. The standard InChI is InChI=1S/C17H18N2O3S2/c1-3-12-6-5-7-15(8-12)19-24(20,21)17-9-13(11-23-17)16-10-14(4-2)18-22-16/h5-11,19H,3-4H2,1-2H3. The molecule has 2 aromatic heterocycles. The molecule has 0 fully saturated rings. The molecule has 2 heterocycles. The van der Waals surface area contributed by atoms with Crippen LogP contribution in [0.1, 0.15) is 25.1 Å². The van der Waals surface area contributed by atoms with Gasteiger partial charge in [-0.2, -0.15) is 0 Å². The average Bonchev–Trinajstić information content (AvgIpc) is 3.23. The molecular formula is C17H18N2O3S2. The SMILES string of the molecule is CCc1cccc(NS(=O)(=O)c2cc(-c3cc(CC)no3)cs2)c1. The number of benzene rings is 1. The van der Waals surface area contributed by atoms with Crippen LogP contribution in [0.5, 0.6) is 0 Å². The summed E-state index contributed by atoms with van der Waals surface area (Å²) < 4.78 is 33.2. The van der Waals surface area contributed by atoms with Crippen molar-refractivity contribution in [2.24, 2.45) is 0 Å². The number of rotatable bonds is 6. The van der Waals surface area contributed by atoms with Crippen LogP contribution in [0, 0.1) is 0 Å². The van der Waals surface area contributed by atoms with Gasteiger partial charge >= 0.3 is 0 Å². The number of anilines is 1. The van der Waals surface area contributed by atoms with Crippen molar-refractivity contribution in [1.29, 1.82) is 0 Å². The molecule has 3 rings (SSSR count). The summed E-state index contributed by atoms with van der Waals surface area (Å²) in [6.45, 7) is 4.01. The molecular weight excluding hydrogens is 344 g/mol. The first kappa shape index (κ1) is 16.7. The number of hydrogen-bond donors (Lipinski definition) is 1. The molecule has 0 aliphatic heterocycles. The number of aromatic nitrogens is 1. The predicted octanol–water partition coefficient (Wildman–Crippen LogP) is 4.33. The predicted molar refractivity (Wildman–Crippen MR) is 95.8 cm³/mol. The van der Waals surface area contributed by atoms with Crippen LogP contribution >= 0.6 is 11.3 Å². The van der Waals surface area contributed by atoms with Gasteiger partial charge in [0.2, 0.25) is 0 Å². The van der Waals surface area contributed by atoms with Crippen molar-refractivity contribution in [3.63, 3.8) is 0 Å². The van der Waals surface area contributed by atoms with Crippen LogP contribution in [0.15, 0.2) is 50.5 Å². The van der Waals surface area contributed by atoms with Crippen LogP contribution in [-0.4, -0.2) is 13.6 Å². The summed E-state index contributed by atoms with van der Waals surface area (Å²) in [5.74, 6) is 0.581. The van der Waals surface area contributed by atoms with Crippen molar-refractivity contribution >= 4 is 27.0 Å². The number of nitrogens with one attached hydrogen (secondary N) is 1. The molecule has 0 unspecified atom stereocenters. The van der Waals surface area contributed by atoms with Crippen molar-refractivity contribution in [3.05, 3.63) is 53.0 Å². The summed E-state index contributed by atoms with van der Waals surface area (Å²) in [6.07, 6.45) is 1.62. The fourth-order valence-electron chi connectivity index (χ4n) is 2.26. The molecule has 0 radical (unpaired) electrons. The summed E-state index contributed by atoms with van der Waals surface area (Å²) in [5.41, 5.74) is 3.21. The van der Waals surface area contributed by atoms with Gasteiger partial charge in [0.05, 0.1) is 5.69 Å². The topological polar surface area (TPSA) is 72.2 Å².